The summed E-state index contributed by atoms with van der Waals surface area (Å²) in [6.07, 6.45) is 2.81. The first-order valence-corrected chi connectivity index (χ1v) is 11.2. The number of guanidine groups is 1. The zero-order valence-corrected chi connectivity index (χ0v) is 21.6. The molecule has 166 valence electrons. The minimum Gasteiger partial charge on any atom is -0.356 e. The third-order valence-corrected chi connectivity index (χ3v) is 6.47. The summed E-state index contributed by atoms with van der Waals surface area (Å²) >= 11 is 1.77. The normalized spacial score (nSPS) is 15.1. The van der Waals surface area contributed by atoms with Gasteiger partial charge in [-0.3, -0.25) is 4.99 Å². The van der Waals surface area contributed by atoms with Crippen molar-refractivity contribution >= 4 is 47.1 Å². The van der Waals surface area contributed by atoms with Crippen molar-refractivity contribution in [3.8, 4) is 0 Å². The molecule has 0 atom stereocenters. The van der Waals surface area contributed by atoms with Gasteiger partial charge in [0.1, 0.15) is 5.82 Å². The first-order valence-electron chi connectivity index (χ1n) is 10.4. The van der Waals surface area contributed by atoms with Crippen LogP contribution in [0.1, 0.15) is 28.1 Å². The van der Waals surface area contributed by atoms with Crippen molar-refractivity contribution < 1.29 is 0 Å². The second-order valence-electron chi connectivity index (χ2n) is 7.30. The van der Waals surface area contributed by atoms with E-state index in [1.54, 1.807) is 18.4 Å². The Kier molecular flexibility index (Phi) is 10.3. The molecular weight excluding hydrogens is 509 g/mol. The van der Waals surface area contributed by atoms with Gasteiger partial charge in [0.25, 0.3) is 0 Å². The molecule has 1 saturated heterocycles. The molecule has 2 N–H and O–H groups in total. The lowest BCUT2D eigenvalue weighted by Crippen LogP contribution is -2.46. The molecular formula is C21H34IN7S. The Balaban J connectivity index is 0.00000320. The molecule has 3 rings (SSSR count). The number of hydrogen-bond acceptors (Lipinski definition) is 6. The fourth-order valence-corrected chi connectivity index (χ4v) is 4.31. The summed E-state index contributed by atoms with van der Waals surface area (Å²) in [5, 5.41) is 7.95. The summed E-state index contributed by atoms with van der Waals surface area (Å²) in [6, 6.07) is 4.25. The van der Waals surface area contributed by atoms with Crippen LogP contribution in [0.25, 0.3) is 0 Å². The van der Waals surface area contributed by atoms with Crippen LogP contribution in [0.15, 0.2) is 23.3 Å². The van der Waals surface area contributed by atoms with Crippen LogP contribution in [0.4, 0.5) is 5.82 Å². The van der Waals surface area contributed by atoms with Crippen LogP contribution in [-0.2, 0) is 13.0 Å². The molecule has 0 spiro atoms. The number of halogens is 1. The number of rotatable bonds is 7. The first kappa shape index (κ1) is 24.8. The molecule has 3 heterocycles. The van der Waals surface area contributed by atoms with Gasteiger partial charge in [0.2, 0.25) is 0 Å². The lowest BCUT2D eigenvalue weighted by atomic mass is 10.2. The van der Waals surface area contributed by atoms with Crippen molar-refractivity contribution in [2.75, 3.05) is 51.2 Å². The Hall–Kier alpha value is -1.46. The van der Waals surface area contributed by atoms with Crippen LogP contribution in [-0.4, -0.2) is 67.1 Å². The van der Waals surface area contributed by atoms with Gasteiger partial charge in [0.15, 0.2) is 5.96 Å². The standard InChI is InChI=1S/C21H33N7S.HI/c1-5-27-10-12-28(13-11-27)19-14-18(6-8-23-19)15-25-21(22-4)24-9-7-20-26-16(2)17(3)29-20;/h6,8,14H,5,7,9-13,15H2,1-4H3,(H2,22,24,25);1H. The van der Waals surface area contributed by atoms with Crippen LogP contribution >= 0.6 is 35.3 Å². The highest BCUT2D eigenvalue weighted by Crippen LogP contribution is 2.17. The van der Waals surface area contributed by atoms with E-state index in [4.69, 9.17) is 0 Å². The highest BCUT2D eigenvalue weighted by molar-refractivity contribution is 14.0. The molecule has 1 aliphatic rings. The minimum absolute atomic E-state index is 0. The number of hydrogen-bond donors (Lipinski definition) is 2. The number of nitrogens with one attached hydrogen (secondary N) is 2. The predicted molar refractivity (Wildman–Crippen MR) is 137 cm³/mol. The maximum Gasteiger partial charge on any atom is 0.191 e. The molecule has 30 heavy (non-hydrogen) atoms. The summed E-state index contributed by atoms with van der Waals surface area (Å²) < 4.78 is 0. The molecule has 0 amide bonds. The second kappa shape index (κ2) is 12.4. The summed E-state index contributed by atoms with van der Waals surface area (Å²) in [5.41, 5.74) is 2.35. The van der Waals surface area contributed by atoms with Crippen molar-refractivity contribution in [2.24, 2.45) is 4.99 Å². The molecule has 0 radical (unpaired) electrons. The average Bonchev–Trinajstić information content (AvgIpc) is 3.08. The van der Waals surface area contributed by atoms with Crippen LogP contribution in [0.5, 0.6) is 0 Å². The van der Waals surface area contributed by atoms with E-state index in [1.807, 2.05) is 6.20 Å². The number of anilines is 1. The molecule has 0 unspecified atom stereocenters. The lowest BCUT2D eigenvalue weighted by molar-refractivity contribution is 0.270. The number of aromatic nitrogens is 2. The molecule has 2 aromatic rings. The van der Waals surface area contributed by atoms with Gasteiger partial charge in [-0.2, -0.15) is 0 Å². The molecule has 0 aromatic carbocycles. The van der Waals surface area contributed by atoms with E-state index < -0.39 is 0 Å². The number of thiazole rings is 1. The monoisotopic (exact) mass is 543 g/mol. The van der Waals surface area contributed by atoms with Gasteiger partial charge >= 0.3 is 0 Å². The molecule has 2 aromatic heterocycles. The van der Waals surface area contributed by atoms with E-state index in [9.17, 15) is 0 Å². The second-order valence-corrected chi connectivity index (χ2v) is 8.58. The van der Waals surface area contributed by atoms with Gasteiger partial charge in [-0.1, -0.05) is 6.92 Å². The van der Waals surface area contributed by atoms with Crippen LogP contribution in [0.2, 0.25) is 0 Å². The van der Waals surface area contributed by atoms with Crippen molar-refractivity contribution in [1.82, 2.24) is 25.5 Å². The highest BCUT2D eigenvalue weighted by Gasteiger charge is 2.16. The predicted octanol–water partition coefficient (Wildman–Crippen LogP) is 2.82. The molecule has 0 saturated carbocycles. The van der Waals surface area contributed by atoms with Gasteiger partial charge in [-0.25, -0.2) is 9.97 Å². The first-order chi connectivity index (χ1) is 14.1. The Morgan fingerprint density at radius 3 is 2.60 bits per heavy atom. The third-order valence-electron chi connectivity index (χ3n) is 5.34. The minimum atomic E-state index is 0. The lowest BCUT2D eigenvalue weighted by Gasteiger charge is -2.34. The molecule has 1 aliphatic heterocycles. The van der Waals surface area contributed by atoms with Gasteiger partial charge < -0.3 is 20.4 Å². The van der Waals surface area contributed by atoms with Crippen molar-refractivity contribution in [3.05, 3.63) is 39.5 Å². The number of aryl methyl sites for hydroxylation is 2. The Labute approximate surface area is 201 Å². The number of aliphatic imine (C=N–C) groups is 1. The zero-order chi connectivity index (χ0) is 20.6. The highest BCUT2D eigenvalue weighted by atomic mass is 127. The molecule has 0 bridgehead atoms. The van der Waals surface area contributed by atoms with Gasteiger partial charge in [0.05, 0.1) is 10.7 Å². The number of piperazine rings is 1. The van der Waals surface area contributed by atoms with Crippen LogP contribution in [0.3, 0.4) is 0 Å². The maximum atomic E-state index is 4.59. The van der Waals surface area contributed by atoms with Crippen molar-refractivity contribution in [2.45, 2.75) is 33.7 Å². The van der Waals surface area contributed by atoms with Gasteiger partial charge in [0, 0.05) is 63.8 Å². The van der Waals surface area contributed by atoms with Crippen molar-refractivity contribution in [3.63, 3.8) is 0 Å². The van der Waals surface area contributed by atoms with E-state index in [-0.39, 0.29) is 24.0 Å². The maximum absolute atomic E-state index is 4.59. The van der Waals surface area contributed by atoms with Gasteiger partial charge in [-0.15, -0.1) is 35.3 Å². The summed E-state index contributed by atoms with van der Waals surface area (Å²) in [4.78, 5) is 19.7. The Morgan fingerprint density at radius 2 is 1.97 bits per heavy atom. The quantitative estimate of drug-likeness (QED) is 0.318. The van der Waals surface area contributed by atoms with E-state index in [0.29, 0.717) is 0 Å². The molecule has 1 fully saturated rings. The SMILES string of the molecule is CCN1CCN(c2cc(CNC(=NC)NCCc3nc(C)c(C)s3)ccn2)CC1.I. The smallest absolute Gasteiger partial charge is 0.191 e. The molecule has 9 heteroatoms. The van der Waals surface area contributed by atoms with Gasteiger partial charge in [-0.05, 0) is 38.1 Å². The summed E-state index contributed by atoms with van der Waals surface area (Å²) in [6.45, 7) is 13.4. The van der Waals surface area contributed by atoms with E-state index in [2.05, 4.69) is 68.3 Å². The molecule has 0 aliphatic carbocycles. The fourth-order valence-electron chi connectivity index (χ4n) is 3.38. The topological polar surface area (TPSA) is 68.7 Å². The van der Waals surface area contributed by atoms with Crippen LogP contribution < -0.4 is 15.5 Å². The average molecular weight is 544 g/mol. The summed E-state index contributed by atoms with van der Waals surface area (Å²) in [7, 11) is 1.80. The third kappa shape index (κ3) is 7.05. The number of likely N-dealkylation sites (N-methyl/N-ethyl adjacent to an activating group) is 1. The van der Waals surface area contributed by atoms with Crippen LogP contribution in [0, 0.1) is 13.8 Å². The van der Waals surface area contributed by atoms with Crippen molar-refractivity contribution in [1.29, 1.82) is 0 Å². The van der Waals surface area contributed by atoms with E-state index >= 15 is 0 Å². The van der Waals surface area contributed by atoms with E-state index in [1.165, 1.54) is 15.4 Å². The number of nitrogens with zero attached hydrogens (tertiary/aromatic N) is 5. The fraction of sp³-hybridized carbons (Fsp3) is 0.571. The summed E-state index contributed by atoms with van der Waals surface area (Å²) in [5.74, 6) is 1.88. The Morgan fingerprint density at radius 1 is 1.20 bits per heavy atom. The van der Waals surface area contributed by atoms with E-state index in [0.717, 1.165) is 69.7 Å². The number of pyridine rings is 1. The Bertz CT molecular complexity index is 796. The largest absolute Gasteiger partial charge is 0.356 e. The molecule has 7 nitrogen and oxygen atoms in total. The zero-order valence-electron chi connectivity index (χ0n) is 18.4.